The van der Waals surface area contributed by atoms with Gasteiger partial charge in [0.25, 0.3) is 0 Å². The summed E-state index contributed by atoms with van der Waals surface area (Å²) in [6, 6.07) is 11.8. The molecule has 0 aliphatic rings. The van der Waals surface area contributed by atoms with Crippen LogP contribution in [0.1, 0.15) is 42.3 Å². The number of phenolic OH excluding ortho intramolecular Hbond substituents is 1. The number of nitrogens with zero attached hydrogens (tertiary/aromatic N) is 3. The monoisotopic (exact) mass is 444 g/mol. The van der Waals surface area contributed by atoms with Crippen LogP contribution in [0.5, 0.6) is 5.75 Å². The normalized spacial score (nSPS) is 11.1. The molecule has 3 rings (SSSR count). The first-order valence-corrected chi connectivity index (χ1v) is 11.0. The number of benzene rings is 2. The van der Waals surface area contributed by atoms with Crippen molar-refractivity contribution >= 4 is 35.0 Å². The highest BCUT2D eigenvalue weighted by Crippen LogP contribution is 2.39. The minimum absolute atomic E-state index is 0.0633. The summed E-state index contributed by atoms with van der Waals surface area (Å²) < 4.78 is 1.98. The Hall–Kier alpha value is -2.51. The summed E-state index contributed by atoms with van der Waals surface area (Å²) in [7, 11) is 0. The van der Waals surface area contributed by atoms with Gasteiger partial charge in [0.2, 0.25) is 5.91 Å². The second-order valence-electron chi connectivity index (χ2n) is 7.39. The van der Waals surface area contributed by atoms with Gasteiger partial charge < -0.3 is 15.0 Å². The SMILES string of the molecule is Cc1c(Cl)cc(C(C)C)c(O)c1NC(=O)CSc1nnc(C)n1Cc1ccccc1. The van der Waals surface area contributed by atoms with Gasteiger partial charge in [-0.15, -0.1) is 10.2 Å². The second kappa shape index (κ2) is 9.53. The Morgan fingerprint density at radius 2 is 1.93 bits per heavy atom. The van der Waals surface area contributed by atoms with Crippen LogP contribution in [0, 0.1) is 13.8 Å². The first-order valence-electron chi connectivity index (χ1n) is 9.66. The molecular formula is C22H25ClN4O2S. The van der Waals surface area contributed by atoms with Crippen molar-refractivity contribution < 1.29 is 9.90 Å². The fourth-order valence-electron chi connectivity index (χ4n) is 3.07. The molecule has 0 aliphatic heterocycles. The Kier molecular flexibility index (Phi) is 7.05. The number of nitrogens with one attached hydrogen (secondary N) is 1. The second-order valence-corrected chi connectivity index (χ2v) is 8.74. The van der Waals surface area contributed by atoms with E-state index in [9.17, 15) is 9.90 Å². The molecule has 6 nitrogen and oxygen atoms in total. The molecule has 0 unspecified atom stereocenters. The Balaban J connectivity index is 1.72. The molecule has 0 radical (unpaired) electrons. The van der Waals surface area contributed by atoms with E-state index in [0.717, 1.165) is 11.4 Å². The maximum Gasteiger partial charge on any atom is 0.234 e. The maximum atomic E-state index is 12.6. The largest absolute Gasteiger partial charge is 0.505 e. The van der Waals surface area contributed by atoms with Gasteiger partial charge >= 0.3 is 0 Å². The van der Waals surface area contributed by atoms with E-state index in [-0.39, 0.29) is 23.3 Å². The maximum absolute atomic E-state index is 12.6. The van der Waals surface area contributed by atoms with E-state index in [1.165, 1.54) is 11.8 Å². The summed E-state index contributed by atoms with van der Waals surface area (Å²) in [5, 5.41) is 22.9. The van der Waals surface area contributed by atoms with Crippen LogP contribution in [0.4, 0.5) is 5.69 Å². The third kappa shape index (κ3) is 4.96. The molecule has 0 aliphatic carbocycles. The fourth-order valence-corrected chi connectivity index (χ4v) is 4.06. The number of anilines is 1. The summed E-state index contributed by atoms with van der Waals surface area (Å²) in [6.45, 7) is 8.22. The summed E-state index contributed by atoms with van der Waals surface area (Å²) in [5.74, 6) is 0.810. The lowest BCUT2D eigenvalue weighted by molar-refractivity contribution is -0.113. The number of hydrogen-bond acceptors (Lipinski definition) is 5. The third-order valence-electron chi connectivity index (χ3n) is 4.83. The Bertz CT molecular complexity index is 1050. The average molecular weight is 445 g/mol. The van der Waals surface area contributed by atoms with Crippen molar-refractivity contribution in [2.24, 2.45) is 0 Å². The predicted molar refractivity (Wildman–Crippen MR) is 122 cm³/mol. The van der Waals surface area contributed by atoms with Gasteiger partial charge in [0.15, 0.2) is 5.16 Å². The minimum Gasteiger partial charge on any atom is -0.505 e. The number of aromatic nitrogens is 3. The molecule has 0 spiro atoms. The molecule has 2 aromatic carbocycles. The van der Waals surface area contributed by atoms with Crippen LogP contribution < -0.4 is 5.32 Å². The van der Waals surface area contributed by atoms with Gasteiger partial charge in [-0.1, -0.05) is 67.5 Å². The lowest BCUT2D eigenvalue weighted by Crippen LogP contribution is -2.16. The molecule has 0 fully saturated rings. The molecule has 0 saturated heterocycles. The zero-order valence-electron chi connectivity index (χ0n) is 17.4. The molecule has 0 atom stereocenters. The zero-order valence-corrected chi connectivity index (χ0v) is 19.0. The van der Waals surface area contributed by atoms with Crippen LogP contribution in [0.25, 0.3) is 0 Å². The van der Waals surface area contributed by atoms with Crippen LogP contribution in [-0.2, 0) is 11.3 Å². The summed E-state index contributed by atoms with van der Waals surface area (Å²) in [4.78, 5) is 12.6. The topological polar surface area (TPSA) is 80.0 Å². The van der Waals surface area contributed by atoms with Crippen LogP contribution in [-0.4, -0.2) is 31.5 Å². The number of halogens is 1. The molecule has 1 aromatic heterocycles. The zero-order chi connectivity index (χ0) is 21.8. The van der Waals surface area contributed by atoms with E-state index < -0.39 is 0 Å². The smallest absolute Gasteiger partial charge is 0.234 e. The number of carbonyl (C=O) groups excluding carboxylic acids is 1. The third-order valence-corrected chi connectivity index (χ3v) is 6.19. The fraction of sp³-hybridized carbons (Fsp3) is 0.318. The van der Waals surface area contributed by atoms with Crippen LogP contribution in [0.3, 0.4) is 0 Å². The summed E-state index contributed by atoms with van der Waals surface area (Å²) >= 11 is 7.61. The standard InChI is InChI=1S/C22H25ClN4O2S/c1-13(2)17-10-18(23)14(3)20(21(17)29)24-19(28)12-30-22-26-25-15(4)27(22)11-16-8-6-5-7-9-16/h5-10,13,29H,11-12H2,1-4H3,(H,24,28). The number of aryl methyl sites for hydroxylation is 1. The molecule has 3 aromatic rings. The lowest BCUT2D eigenvalue weighted by Gasteiger charge is -2.17. The van der Waals surface area contributed by atoms with Gasteiger partial charge in [0, 0.05) is 10.6 Å². The Morgan fingerprint density at radius 3 is 2.60 bits per heavy atom. The number of hydrogen-bond donors (Lipinski definition) is 2. The summed E-state index contributed by atoms with van der Waals surface area (Å²) in [6.07, 6.45) is 0. The summed E-state index contributed by atoms with van der Waals surface area (Å²) in [5.41, 5.74) is 2.83. The van der Waals surface area contributed by atoms with E-state index >= 15 is 0 Å². The highest BCUT2D eigenvalue weighted by molar-refractivity contribution is 7.99. The first-order chi connectivity index (χ1) is 14.3. The molecule has 1 heterocycles. The van der Waals surface area contributed by atoms with Gasteiger partial charge in [-0.25, -0.2) is 0 Å². The number of phenols is 1. The number of carbonyl (C=O) groups is 1. The molecule has 1 amide bonds. The van der Waals surface area contributed by atoms with Crippen molar-refractivity contribution in [1.82, 2.24) is 14.8 Å². The van der Waals surface area contributed by atoms with Crippen molar-refractivity contribution in [2.75, 3.05) is 11.1 Å². The van der Waals surface area contributed by atoms with E-state index in [2.05, 4.69) is 15.5 Å². The van der Waals surface area contributed by atoms with Crippen molar-refractivity contribution in [1.29, 1.82) is 0 Å². The first kappa shape index (κ1) is 22.2. The molecular weight excluding hydrogens is 420 g/mol. The molecule has 0 saturated carbocycles. The Labute approximate surface area is 185 Å². The predicted octanol–water partition coefficient (Wildman–Crippen LogP) is 5.16. The van der Waals surface area contributed by atoms with Gasteiger partial charge in [-0.05, 0) is 37.0 Å². The minimum atomic E-state index is -0.248. The van der Waals surface area contributed by atoms with Gasteiger partial charge in [-0.2, -0.15) is 0 Å². The molecule has 0 bridgehead atoms. The molecule has 30 heavy (non-hydrogen) atoms. The quantitative estimate of drug-likeness (QED) is 0.388. The molecule has 2 N–H and O–H groups in total. The highest BCUT2D eigenvalue weighted by Gasteiger charge is 2.19. The number of aromatic hydroxyl groups is 1. The van der Waals surface area contributed by atoms with Crippen LogP contribution in [0.2, 0.25) is 5.02 Å². The van der Waals surface area contributed by atoms with Crippen molar-refractivity contribution in [3.63, 3.8) is 0 Å². The van der Waals surface area contributed by atoms with Gasteiger partial charge in [-0.3, -0.25) is 4.79 Å². The van der Waals surface area contributed by atoms with E-state index in [0.29, 0.717) is 33.5 Å². The van der Waals surface area contributed by atoms with E-state index in [1.807, 2.05) is 55.7 Å². The van der Waals surface area contributed by atoms with E-state index in [1.54, 1.807) is 13.0 Å². The number of rotatable bonds is 7. The van der Waals surface area contributed by atoms with Gasteiger partial charge in [0.05, 0.1) is 18.0 Å². The van der Waals surface area contributed by atoms with E-state index in [4.69, 9.17) is 11.6 Å². The van der Waals surface area contributed by atoms with Crippen molar-refractivity contribution in [3.05, 3.63) is 63.9 Å². The number of thioether (sulfide) groups is 1. The average Bonchev–Trinajstić information content (AvgIpc) is 3.06. The van der Waals surface area contributed by atoms with Crippen molar-refractivity contribution in [2.45, 2.75) is 45.3 Å². The van der Waals surface area contributed by atoms with Crippen LogP contribution in [0.15, 0.2) is 41.6 Å². The van der Waals surface area contributed by atoms with Crippen molar-refractivity contribution in [3.8, 4) is 5.75 Å². The highest BCUT2D eigenvalue weighted by atomic mass is 35.5. The molecule has 158 valence electrons. The number of amides is 1. The Morgan fingerprint density at radius 1 is 1.23 bits per heavy atom. The lowest BCUT2D eigenvalue weighted by atomic mass is 9.99. The van der Waals surface area contributed by atoms with Gasteiger partial charge in [0.1, 0.15) is 11.6 Å². The van der Waals surface area contributed by atoms with Crippen LogP contribution >= 0.6 is 23.4 Å². The molecule has 8 heteroatoms.